The van der Waals surface area contributed by atoms with Gasteiger partial charge in [0.15, 0.2) is 0 Å². The summed E-state index contributed by atoms with van der Waals surface area (Å²) in [5.41, 5.74) is 2.50. The molecule has 1 heterocycles. The van der Waals surface area contributed by atoms with Crippen LogP contribution in [0.2, 0.25) is 0 Å². The fourth-order valence-electron chi connectivity index (χ4n) is 3.02. The van der Waals surface area contributed by atoms with Gasteiger partial charge in [0.25, 0.3) is 5.91 Å². The second kappa shape index (κ2) is 6.97. The Hall–Kier alpha value is -2.82. The van der Waals surface area contributed by atoms with Crippen molar-refractivity contribution in [1.82, 2.24) is 14.9 Å². The predicted octanol–water partition coefficient (Wildman–Crippen LogP) is 3.71. The van der Waals surface area contributed by atoms with E-state index in [0.29, 0.717) is 11.3 Å². The molecule has 3 rings (SSSR count). The Labute approximate surface area is 147 Å². The van der Waals surface area contributed by atoms with E-state index in [4.69, 9.17) is 9.72 Å². The monoisotopic (exact) mass is 337 g/mol. The molecular formula is C20H23N3O2. The first-order valence-electron chi connectivity index (χ1n) is 8.38. The summed E-state index contributed by atoms with van der Waals surface area (Å²) in [7, 11) is 3.55. The number of amides is 1. The zero-order valence-corrected chi connectivity index (χ0v) is 15.0. The summed E-state index contributed by atoms with van der Waals surface area (Å²) in [6.07, 6.45) is 0. The average Bonchev–Trinajstić information content (AvgIpc) is 2.96. The van der Waals surface area contributed by atoms with Crippen molar-refractivity contribution in [3.63, 3.8) is 0 Å². The number of para-hydroxylation sites is 3. The summed E-state index contributed by atoms with van der Waals surface area (Å²) in [4.78, 5) is 17.6. The summed E-state index contributed by atoms with van der Waals surface area (Å²) < 4.78 is 7.35. The normalized spacial score (nSPS) is 12.4. The van der Waals surface area contributed by atoms with E-state index in [1.807, 2.05) is 48.0 Å². The fraction of sp³-hybridized carbons (Fsp3) is 0.300. The third-order valence-corrected chi connectivity index (χ3v) is 4.40. The molecule has 0 aliphatic rings. The number of ether oxygens (including phenoxy) is 1. The topological polar surface area (TPSA) is 56.1 Å². The van der Waals surface area contributed by atoms with Crippen LogP contribution in [0.3, 0.4) is 0 Å². The first-order valence-corrected chi connectivity index (χ1v) is 8.38. The molecule has 1 N–H and O–H groups in total. The van der Waals surface area contributed by atoms with Crippen LogP contribution in [-0.4, -0.2) is 22.6 Å². The van der Waals surface area contributed by atoms with Gasteiger partial charge in [-0.2, -0.15) is 0 Å². The lowest BCUT2D eigenvalue weighted by Gasteiger charge is -2.22. The van der Waals surface area contributed by atoms with Crippen LogP contribution in [-0.2, 0) is 7.05 Å². The molecule has 0 saturated carbocycles. The van der Waals surface area contributed by atoms with Crippen molar-refractivity contribution in [3.8, 4) is 5.75 Å². The fourth-order valence-corrected chi connectivity index (χ4v) is 3.02. The summed E-state index contributed by atoms with van der Waals surface area (Å²) in [5.74, 6) is 1.43. The number of hydrogen-bond donors (Lipinski definition) is 1. The molecule has 1 atom stereocenters. The third-order valence-electron chi connectivity index (χ3n) is 4.40. The Bertz CT molecular complexity index is 899. The van der Waals surface area contributed by atoms with Crippen LogP contribution in [0.4, 0.5) is 0 Å². The quantitative estimate of drug-likeness (QED) is 0.772. The highest BCUT2D eigenvalue weighted by atomic mass is 16.5. The lowest BCUT2D eigenvalue weighted by atomic mass is 10.0. The van der Waals surface area contributed by atoms with Crippen LogP contribution in [0, 0.1) is 5.92 Å². The number of methoxy groups -OCH3 is 1. The zero-order chi connectivity index (χ0) is 18.0. The van der Waals surface area contributed by atoms with Gasteiger partial charge in [0, 0.05) is 7.05 Å². The van der Waals surface area contributed by atoms with E-state index in [1.165, 1.54) is 0 Å². The zero-order valence-electron chi connectivity index (χ0n) is 15.0. The highest BCUT2D eigenvalue weighted by molar-refractivity contribution is 5.97. The predicted molar refractivity (Wildman–Crippen MR) is 98.8 cm³/mol. The highest BCUT2D eigenvalue weighted by Gasteiger charge is 2.25. The number of imidazole rings is 1. The molecular weight excluding hydrogens is 314 g/mol. The van der Waals surface area contributed by atoms with E-state index in [0.717, 1.165) is 16.9 Å². The Morgan fingerprint density at radius 2 is 1.80 bits per heavy atom. The van der Waals surface area contributed by atoms with E-state index in [9.17, 15) is 4.79 Å². The first kappa shape index (κ1) is 17.0. The van der Waals surface area contributed by atoms with E-state index in [-0.39, 0.29) is 17.9 Å². The molecule has 25 heavy (non-hydrogen) atoms. The van der Waals surface area contributed by atoms with Crippen LogP contribution in [0.5, 0.6) is 5.75 Å². The summed E-state index contributed by atoms with van der Waals surface area (Å²) >= 11 is 0. The van der Waals surface area contributed by atoms with Crippen molar-refractivity contribution in [2.45, 2.75) is 19.9 Å². The van der Waals surface area contributed by atoms with E-state index >= 15 is 0 Å². The van der Waals surface area contributed by atoms with Crippen molar-refractivity contribution in [2.75, 3.05) is 7.11 Å². The number of aryl methyl sites for hydroxylation is 1. The van der Waals surface area contributed by atoms with Crippen LogP contribution >= 0.6 is 0 Å². The standard InChI is InChI=1S/C20H23N3O2/c1-13(2)18(19-21-15-10-6-7-11-16(15)23(19)3)22-20(24)14-9-5-8-12-17(14)25-4/h5-13,18H,1-4H3,(H,22,24). The SMILES string of the molecule is COc1ccccc1C(=O)NC(c1nc2ccccc2n1C)C(C)C. The maximum Gasteiger partial charge on any atom is 0.255 e. The van der Waals surface area contributed by atoms with Gasteiger partial charge in [-0.15, -0.1) is 0 Å². The second-order valence-electron chi connectivity index (χ2n) is 6.41. The molecule has 0 fully saturated rings. The molecule has 5 nitrogen and oxygen atoms in total. The maximum absolute atomic E-state index is 12.8. The molecule has 2 aromatic carbocycles. The van der Waals surface area contributed by atoms with Gasteiger partial charge in [-0.3, -0.25) is 4.79 Å². The minimum Gasteiger partial charge on any atom is -0.496 e. The van der Waals surface area contributed by atoms with Crippen LogP contribution < -0.4 is 10.1 Å². The summed E-state index contributed by atoms with van der Waals surface area (Å²) in [5, 5.41) is 3.12. The first-order chi connectivity index (χ1) is 12.0. The Kier molecular flexibility index (Phi) is 4.74. The van der Waals surface area contributed by atoms with Crippen molar-refractivity contribution in [3.05, 3.63) is 59.9 Å². The number of fused-ring (bicyclic) bond motifs is 1. The van der Waals surface area contributed by atoms with Gasteiger partial charge in [0.2, 0.25) is 0 Å². The summed E-state index contributed by atoms with van der Waals surface area (Å²) in [6.45, 7) is 4.15. The number of carbonyl (C=O) groups excluding carboxylic acids is 1. The lowest BCUT2D eigenvalue weighted by Crippen LogP contribution is -2.33. The minimum atomic E-state index is -0.199. The van der Waals surface area contributed by atoms with Crippen LogP contribution in [0.25, 0.3) is 11.0 Å². The minimum absolute atomic E-state index is 0.164. The third kappa shape index (κ3) is 3.22. The number of benzene rings is 2. The molecule has 1 aromatic heterocycles. The molecule has 3 aromatic rings. The van der Waals surface area contributed by atoms with Gasteiger partial charge in [-0.05, 0) is 30.2 Å². The maximum atomic E-state index is 12.8. The largest absolute Gasteiger partial charge is 0.496 e. The Morgan fingerprint density at radius 3 is 2.48 bits per heavy atom. The van der Waals surface area contributed by atoms with Crippen molar-refractivity contribution in [1.29, 1.82) is 0 Å². The van der Waals surface area contributed by atoms with Gasteiger partial charge in [-0.1, -0.05) is 38.1 Å². The molecule has 0 radical (unpaired) electrons. The molecule has 0 aliphatic carbocycles. The molecule has 1 unspecified atom stereocenters. The number of rotatable bonds is 5. The van der Waals surface area contributed by atoms with Gasteiger partial charge in [0.05, 0.1) is 29.7 Å². The molecule has 130 valence electrons. The number of carbonyl (C=O) groups is 1. The number of hydrogen-bond acceptors (Lipinski definition) is 3. The van der Waals surface area contributed by atoms with Gasteiger partial charge in [0.1, 0.15) is 11.6 Å². The number of aromatic nitrogens is 2. The number of nitrogens with one attached hydrogen (secondary N) is 1. The smallest absolute Gasteiger partial charge is 0.255 e. The van der Waals surface area contributed by atoms with Gasteiger partial charge >= 0.3 is 0 Å². The van der Waals surface area contributed by atoms with Gasteiger partial charge < -0.3 is 14.6 Å². The number of nitrogens with zero attached hydrogens (tertiary/aromatic N) is 2. The average molecular weight is 337 g/mol. The highest BCUT2D eigenvalue weighted by Crippen LogP contribution is 2.26. The molecule has 0 bridgehead atoms. The van der Waals surface area contributed by atoms with Crippen LogP contribution in [0.15, 0.2) is 48.5 Å². The van der Waals surface area contributed by atoms with Gasteiger partial charge in [-0.25, -0.2) is 4.98 Å². The lowest BCUT2D eigenvalue weighted by molar-refractivity contribution is 0.0919. The molecule has 1 amide bonds. The van der Waals surface area contributed by atoms with Crippen molar-refractivity contribution in [2.24, 2.45) is 13.0 Å². The van der Waals surface area contributed by atoms with E-state index < -0.39 is 0 Å². The molecule has 0 spiro atoms. The van der Waals surface area contributed by atoms with E-state index in [1.54, 1.807) is 19.2 Å². The molecule has 0 saturated heterocycles. The molecule has 5 heteroatoms. The van der Waals surface area contributed by atoms with Crippen molar-refractivity contribution >= 4 is 16.9 Å². The molecule has 0 aliphatic heterocycles. The summed E-state index contributed by atoms with van der Waals surface area (Å²) in [6, 6.07) is 15.0. The van der Waals surface area contributed by atoms with E-state index in [2.05, 4.69) is 19.2 Å². The Morgan fingerprint density at radius 1 is 1.12 bits per heavy atom. The van der Waals surface area contributed by atoms with Crippen LogP contribution in [0.1, 0.15) is 36.1 Å². The second-order valence-corrected chi connectivity index (χ2v) is 6.41. The Balaban J connectivity index is 1.96. The van der Waals surface area contributed by atoms with Crippen molar-refractivity contribution < 1.29 is 9.53 Å².